The van der Waals surface area contributed by atoms with Crippen LogP contribution in [0.1, 0.15) is 37.9 Å². The Labute approximate surface area is 120 Å². The summed E-state index contributed by atoms with van der Waals surface area (Å²) >= 11 is 0. The molecule has 0 spiro atoms. The lowest BCUT2D eigenvalue weighted by molar-refractivity contribution is 0.0865. The Hall–Kier alpha value is -1.45. The van der Waals surface area contributed by atoms with Gasteiger partial charge in [0.25, 0.3) is 0 Å². The third kappa shape index (κ3) is 3.78. The van der Waals surface area contributed by atoms with E-state index in [9.17, 15) is 0 Å². The molecule has 0 radical (unpaired) electrons. The first-order valence-electron chi connectivity index (χ1n) is 7.20. The van der Waals surface area contributed by atoms with E-state index in [1.807, 2.05) is 6.92 Å². The summed E-state index contributed by atoms with van der Waals surface area (Å²) in [5.74, 6) is 1.38. The number of piperidine rings is 1. The van der Waals surface area contributed by atoms with Crippen molar-refractivity contribution in [1.29, 1.82) is 5.26 Å². The quantitative estimate of drug-likeness (QED) is 0.814. The van der Waals surface area contributed by atoms with E-state index in [0.29, 0.717) is 24.4 Å². The van der Waals surface area contributed by atoms with E-state index in [1.165, 1.54) is 12.8 Å². The summed E-state index contributed by atoms with van der Waals surface area (Å²) in [5, 5.41) is 12.8. The molecule has 1 fully saturated rings. The van der Waals surface area contributed by atoms with Crippen molar-refractivity contribution in [2.45, 2.75) is 51.7 Å². The summed E-state index contributed by atoms with van der Waals surface area (Å²) in [4.78, 5) is 8.96. The highest BCUT2D eigenvalue weighted by molar-refractivity contribution is 4.89. The van der Waals surface area contributed by atoms with Crippen molar-refractivity contribution in [1.82, 2.24) is 19.9 Å². The van der Waals surface area contributed by atoms with Crippen molar-refractivity contribution >= 4 is 0 Å². The van der Waals surface area contributed by atoms with Gasteiger partial charge in [-0.1, -0.05) is 5.16 Å². The first-order valence-corrected chi connectivity index (χ1v) is 7.20. The molecule has 1 aromatic rings. The molecule has 0 saturated carbocycles. The number of nitriles is 1. The van der Waals surface area contributed by atoms with Gasteiger partial charge in [-0.3, -0.25) is 9.80 Å². The molecule has 1 aromatic heterocycles. The highest BCUT2D eigenvalue weighted by atomic mass is 16.5. The van der Waals surface area contributed by atoms with Gasteiger partial charge in [0, 0.05) is 25.6 Å². The summed E-state index contributed by atoms with van der Waals surface area (Å²) in [7, 11) is 2.12. The molecule has 6 heteroatoms. The molecule has 2 heterocycles. The number of likely N-dealkylation sites (tertiary alicyclic amines) is 1. The molecule has 0 bridgehead atoms. The second-order valence-corrected chi connectivity index (χ2v) is 5.64. The number of hydrogen-bond donors (Lipinski definition) is 0. The molecule has 1 saturated heterocycles. The maximum atomic E-state index is 8.82. The fourth-order valence-electron chi connectivity index (χ4n) is 2.75. The second-order valence-electron chi connectivity index (χ2n) is 5.64. The third-order valence-electron chi connectivity index (χ3n) is 4.07. The van der Waals surface area contributed by atoms with Crippen molar-refractivity contribution in [3.05, 3.63) is 11.7 Å². The zero-order valence-corrected chi connectivity index (χ0v) is 12.5. The predicted octanol–water partition coefficient (Wildman–Crippen LogP) is 1.58. The van der Waals surface area contributed by atoms with Crippen molar-refractivity contribution < 1.29 is 4.52 Å². The van der Waals surface area contributed by atoms with E-state index in [2.05, 4.69) is 40.0 Å². The average Bonchev–Trinajstić information content (AvgIpc) is 2.84. The molecule has 6 nitrogen and oxygen atoms in total. The molecule has 2 atom stereocenters. The van der Waals surface area contributed by atoms with Crippen molar-refractivity contribution in [3.63, 3.8) is 0 Å². The molecule has 0 aliphatic carbocycles. The van der Waals surface area contributed by atoms with E-state index >= 15 is 0 Å². The van der Waals surface area contributed by atoms with Crippen LogP contribution in [0.3, 0.4) is 0 Å². The van der Waals surface area contributed by atoms with Crippen molar-refractivity contribution in [3.8, 4) is 6.07 Å². The Morgan fingerprint density at radius 3 is 3.05 bits per heavy atom. The molecular weight excluding hydrogens is 254 g/mol. The maximum Gasteiger partial charge on any atom is 0.223 e. The summed E-state index contributed by atoms with van der Waals surface area (Å²) < 4.78 is 5.02. The number of likely N-dealkylation sites (N-methyl/N-ethyl adjacent to an activating group) is 1. The van der Waals surface area contributed by atoms with E-state index in [-0.39, 0.29) is 0 Å². The van der Waals surface area contributed by atoms with Crippen molar-refractivity contribution in [2.24, 2.45) is 0 Å². The van der Waals surface area contributed by atoms with E-state index in [0.717, 1.165) is 25.5 Å². The second kappa shape index (κ2) is 6.82. The van der Waals surface area contributed by atoms with Crippen LogP contribution in [-0.2, 0) is 6.54 Å². The molecule has 110 valence electrons. The highest BCUT2D eigenvalue weighted by Crippen LogP contribution is 2.19. The monoisotopic (exact) mass is 277 g/mol. The fourth-order valence-corrected chi connectivity index (χ4v) is 2.75. The van der Waals surface area contributed by atoms with Gasteiger partial charge < -0.3 is 4.52 Å². The van der Waals surface area contributed by atoms with Crippen LogP contribution in [-0.4, -0.2) is 52.2 Å². The summed E-state index contributed by atoms with van der Waals surface area (Å²) in [6.45, 7) is 6.75. The molecule has 0 amide bonds. The van der Waals surface area contributed by atoms with Crippen LogP contribution in [0.25, 0.3) is 0 Å². The molecule has 1 aliphatic heterocycles. The zero-order valence-electron chi connectivity index (χ0n) is 12.5. The molecule has 1 aliphatic rings. The number of hydrogen-bond acceptors (Lipinski definition) is 6. The lowest BCUT2D eigenvalue weighted by Crippen LogP contribution is -2.49. The van der Waals surface area contributed by atoms with Crippen LogP contribution in [0.4, 0.5) is 0 Å². The lowest BCUT2D eigenvalue weighted by atomic mass is 10.0. The molecule has 0 aromatic carbocycles. The lowest BCUT2D eigenvalue weighted by Gasteiger charge is -2.39. The Morgan fingerprint density at radius 1 is 1.60 bits per heavy atom. The van der Waals surface area contributed by atoms with Gasteiger partial charge in [0.05, 0.1) is 19.0 Å². The SMILES string of the molecule is Cc1nc(CN2CCCC(N(C)C(C)CC#N)C2)no1. The van der Waals surface area contributed by atoms with E-state index in [4.69, 9.17) is 9.78 Å². The van der Waals surface area contributed by atoms with Gasteiger partial charge in [0.15, 0.2) is 5.82 Å². The number of aromatic nitrogens is 2. The number of nitrogens with zero attached hydrogens (tertiary/aromatic N) is 5. The van der Waals surface area contributed by atoms with Crippen molar-refractivity contribution in [2.75, 3.05) is 20.1 Å². The first kappa shape index (κ1) is 14.9. The zero-order chi connectivity index (χ0) is 14.5. The Bertz CT molecular complexity index is 466. The van der Waals surface area contributed by atoms with Gasteiger partial charge in [0.1, 0.15) is 0 Å². The first-order chi connectivity index (χ1) is 9.60. The smallest absolute Gasteiger partial charge is 0.223 e. The minimum Gasteiger partial charge on any atom is -0.340 e. The molecular formula is C14H23N5O. The van der Waals surface area contributed by atoms with Gasteiger partial charge in [-0.05, 0) is 33.4 Å². The Kier molecular flexibility index (Phi) is 5.10. The van der Waals surface area contributed by atoms with Gasteiger partial charge in [-0.25, -0.2) is 0 Å². The van der Waals surface area contributed by atoms with Gasteiger partial charge in [-0.15, -0.1) is 0 Å². The number of rotatable bonds is 5. The Morgan fingerprint density at radius 2 is 2.40 bits per heavy atom. The summed E-state index contributed by atoms with van der Waals surface area (Å²) in [6.07, 6.45) is 2.94. The molecule has 20 heavy (non-hydrogen) atoms. The fraction of sp³-hybridized carbons (Fsp3) is 0.786. The maximum absolute atomic E-state index is 8.82. The number of aryl methyl sites for hydroxylation is 1. The highest BCUT2D eigenvalue weighted by Gasteiger charge is 2.26. The third-order valence-corrected chi connectivity index (χ3v) is 4.07. The van der Waals surface area contributed by atoms with Gasteiger partial charge in [-0.2, -0.15) is 10.2 Å². The van der Waals surface area contributed by atoms with Crippen LogP contribution < -0.4 is 0 Å². The van der Waals surface area contributed by atoms with E-state index < -0.39 is 0 Å². The van der Waals surface area contributed by atoms with Crippen LogP contribution in [0.15, 0.2) is 4.52 Å². The standard InChI is InChI=1S/C14H23N5O/c1-11(6-7-15)18(3)13-5-4-8-19(9-13)10-14-16-12(2)20-17-14/h11,13H,4-6,8-10H2,1-3H3. The van der Waals surface area contributed by atoms with Crippen LogP contribution >= 0.6 is 0 Å². The minimum atomic E-state index is 0.303. The molecule has 2 rings (SSSR count). The van der Waals surface area contributed by atoms with Crippen LogP contribution in [0.5, 0.6) is 0 Å². The molecule has 2 unspecified atom stereocenters. The topological polar surface area (TPSA) is 69.2 Å². The van der Waals surface area contributed by atoms with Crippen LogP contribution in [0, 0.1) is 18.3 Å². The largest absolute Gasteiger partial charge is 0.340 e. The predicted molar refractivity (Wildman–Crippen MR) is 74.8 cm³/mol. The Balaban J connectivity index is 1.89. The molecule has 0 N–H and O–H groups in total. The summed E-state index contributed by atoms with van der Waals surface area (Å²) in [5.41, 5.74) is 0. The van der Waals surface area contributed by atoms with Crippen LogP contribution in [0.2, 0.25) is 0 Å². The average molecular weight is 277 g/mol. The minimum absolute atomic E-state index is 0.303. The van der Waals surface area contributed by atoms with Gasteiger partial charge >= 0.3 is 0 Å². The summed E-state index contributed by atoms with van der Waals surface area (Å²) in [6, 6.07) is 3.06. The van der Waals surface area contributed by atoms with Gasteiger partial charge in [0.2, 0.25) is 5.89 Å². The normalized spacial score (nSPS) is 21.9. The van der Waals surface area contributed by atoms with E-state index in [1.54, 1.807) is 0 Å².